The summed E-state index contributed by atoms with van der Waals surface area (Å²) in [6.45, 7) is 2.88. The Balaban J connectivity index is 1.58. The van der Waals surface area contributed by atoms with Crippen LogP contribution in [0.1, 0.15) is 5.56 Å². The van der Waals surface area contributed by atoms with Gasteiger partial charge >= 0.3 is 0 Å². The van der Waals surface area contributed by atoms with Crippen molar-refractivity contribution in [3.63, 3.8) is 0 Å². The molecule has 0 unspecified atom stereocenters. The molecule has 0 atom stereocenters. The van der Waals surface area contributed by atoms with Crippen LogP contribution >= 0.6 is 0 Å². The molecule has 5 heteroatoms. The van der Waals surface area contributed by atoms with Gasteiger partial charge in [0, 0.05) is 56.3 Å². The number of nitrogens with zero attached hydrogens (tertiary/aromatic N) is 4. The molecule has 0 saturated carbocycles. The van der Waals surface area contributed by atoms with Gasteiger partial charge in [-0.05, 0) is 24.3 Å². The number of pyridine rings is 2. The number of anilines is 1. The number of rotatable bonds is 1. The minimum absolute atomic E-state index is 0.135. The lowest BCUT2D eigenvalue weighted by atomic mass is 10.2. The Labute approximate surface area is 129 Å². The molecule has 3 rings (SSSR count). The van der Waals surface area contributed by atoms with E-state index in [1.165, 1.54) is 0 Å². The van der Waals surface area contributed by atoms with Crippen LogP contribution in [0.5, 0.6) is 0 Å². The van der Waals surface area contributed by atoms with Crippen LogP contribution in [0.2, 0.25) is 0 Å². The molecule has 0 aromatic carbocycles. The topological polar surface area (TPSA) is 49.3 Å². The molecule has 5 nitrogen and oxygen atoms in total. The van der Waals surface area contributed by atoms with E-state index in [1.807, 2.05) is 24.3 Å². The summed E-state index contributed by atoms with van der Waals surface area (Å²) in [4.78, 5) is 24.4. The summed E-state index contributed by atoms with van der Waals surface area (Å²) in [7, 11) is 0. The molecule has 1 aliphatic rings. The molecule has 2 aromatic heterocycles. The number of hydrogen-bond acceptors (Lipinski definition) is 4. The van der Waals surface area contributed by atoms with Crippen molar-refractivity contribution in [2.24, 2.45) is 0 Å². The van der Waals surface area contributed by atoms with E-state index in [0.29, 0.717) is 13.1 Å². The van der Waals surface area contributed by atoms with Crippen molar-refractivity contribution in [3.8, 4) is 11.8 Å². The zero-order valence-electron chi connectivity index (χ0n) is 12.1. The molecule has 1 aliphatic heterocycles. The number of amides is 1. The van der Waals surface area contributed by atoms with Crippen molar-refractivity contribution in [1.29, 1.82) is 0 Å². The van der Waals surface area contributed by atoms with Crippen LogP contribution in [-0.4, -0.2) is 47.0 Å². The molecule has 0 radical (unpaired) electrons. The van der Waals surface area contributed by atoms with E-state index in [-0.39, 0.29) is 5.91 Å². The molecule has 0 bridgehead atoms. The predicted molar refractivity (Wildman–Crippen MR) is 84.1 cm³/mol. The molecular weight excluding hydrogens is 276 g/mol. The van der Waals surface area contributed by atoms with Crippen LogP contribution in [0.15, 0.2) is 48.9 Å². The van der Waals surface area contributed by atoms with E-state index >= 15 is 0 Å². The third-order valence-corrected chi connectivity index (χ3v) is 3.52. The molecule has 1 fully saturated rings. The Hall–Kier alpha value is -2.87. The van der Waals surface area contributed by atoms with Gasteiger partial charge in [-0.3, -0.25) is 9.78 Å². The fraction of sp³-hybridized carbons (Fsp3) is 0.235. The van der Waals surface area contributed by atoms with Crippen molar-refractivity contribution in [3.05, 3.63) is 54.5 Å². The van der Waals surface area contributed by atoms with E-state index in [2.05, 4.69) is 26.7 Å². The Morgan fingerprint density at radius 3 is 2.59 bits per heavy atom. The van der Waals surface area contributed by atoms with Crippen LogP contribution in [0.25, 0.3) is 0 Å². The van der Waals surface area contributed by atoms with Crippen LogP contribution in [0, 0.1) is 11.8 Å². The number of carbonyl (C=O) groups is 1. The Kier molecular flexibility index (Phi) is 4.30. The highest BCUT2D eigenvalue weighted by atomic mass is 16.2. The quantitative estimate of drug-likeness (QED) is 0.741. The summed E-state index contributed by atoms with van der Waals surface area (Å²) in [6, 6.07) is 9.50. The molecule has 1 amide bonds. The number of piperazine rings is 1. The van der Waals surface area contributed by atoms with E-state index < -0.39 is 0 Å². The molecule has 0 aliphatic carbocycles. The average Bonchev–Trinajstić information content (AvgIpc) is 2.61. The molecular formula is C17H16N4O. The number of aromatic nitrogens is 2. The average molecular weight is 292 g/mol. The Morgan fingerprint density at radius 1 is 1.05 bits per heavy atom. The highest BCUT2D eigenvalue weighted by Crippen LogP contribution is 2.12. The predicted octanol–water partition coefficient (Wildman–Crippen LogP) is 1.18. The van der Waals surface area contributed by atoms with Crippen LogP contribution < -0.4 is 4.90 Å². The molecule has 3 heterocycles. The van der Waals surface area contributed by atoms with Gasteiger partial charge in [0.2, 0.25) is 0 Å². The molecule has 0 spiro atoms. The maximum Gasteiger partial charge on any atom is 0.298 e. The lowest BCUT2D eigenvalue weighted by molar-refractivity contribution is -0.125. The second kappa shape index (κ2) is 6.72. The lowest BCUT2D eigenvalue weighted by Gasteiger charge is -2.34. The lowest BCUT2D eigenvalue weighted by Crippen LogP contribution is -2.48. The van der Waals surface area contributed by atoms with Crippen molar-refractivity contribution < 1.29 is 4.79 Å². The normalized spacial score (nSPS) is 14.2. The minimum atomic E-state index is -0.135. The fourth-order valence-corrected chi connectivity index (χ4v) is 2.32. The smallest absolute Gasteiger partial charge is 0.298 e. The zero-order valence-corrected chi connectivity index (χ0v) is 12.1. The van der Waals surface area contributed by atoms with Crippen molar-refractivity contribution >= 4 is 11.7 Å². The molecule has 1 saturated heterocycles. The van der Waals surface area contributed by atoms with Crippen LogP contribution in [-0.2, 0) is 4.79 Å². The van der Waals surface area contributed by atoms with Gasteiger partial charge in [-0.1, -0.05) is 12.0 Å². The molecule has 110 valence electrons. The number of carbonyl (C=O) groups excluding carboxylic acids is 1. The summed E-state index contributed by atoms with van der Waals surface area (Å²) in [5.74, 6) is 6.36. The van der Waals surface area contributed by atoms with Crippen molar-refractivity contribution in [2.75, 3.05) is 31.1 Å². The second-order valence-electron chi connectivity index (χ2n) is 4.96. The van der Waals surface area contributed by atoms with E-state index in [1.54, 1.807) is 29.6 Å². The number of hydrogen-bond donors (Lipinski definition) is 0. The van der Waals surface area contributed by atoms with Crippen molar-refractivity contribution in [1.82, 2.24) is 14.9 Å². The second-order valence-corrected chi connectivity index (χ2v) is 4.96. The van der Waals surface area contributed by atoms with Gasteiger partial charge in [0.05, 0.1) is 0 Å². The van der Waals surface area contributed by atoms with Gasteiger partial charge in [0.15, 0.2) is 0 Å². The van der Waals surface area contributed by atoms with Gasteiger partial charge in [0.25, 0.3) is 5.91 Å². The van der Waals surface area contributed by atoms with Gasteiger partial charge in [-0.2, -0.15) is 0 Å². The molecule has 2 aromatic rings. The summed E-state index contributed by atoms with van der Waals surface area (Å²) in [6.07, 6.45) is 5.12. The highest BCUT2D eigenvalue weighted by molar-refractivity contribution is 5.94. The van der Waals surface area contributed by atoms with Crippen molar-refractivity contribution in [2.45, 2.75) is 0 Å². The third kappa shape index (κ3) is 3.41. The Morgan fingerprint density at radius 2 is 1.91 bits per heavy atom. The first-order valence-corrected chi connectivity index (χ1v) is 7.20. The highest BCUT2D eigenvalue weighted by Gasteiger charge is 2.20. The van der Waals surface area contributed by atoms with E-state index in [0.717, 1.165) is 24.5 Å². The zero-order chi connectivity index (χ0) is 15.2. The first-order valence-electron chi connectivity index (χ1n) is 7.20. The van der Waals surface area contributed by atoms with Gasteiger partial charge in [-0.15, -0.1) is 0 Å². The molecule has 0 N–H and O–H groups in total. The summed E-state index contributed by atoms with van der Waals surface area (Å²) in [5, 5.41) is 0. The standard InChI is InChI=1S/C17H16N4O/c22-17(7-6-15-4-3-8-18-14-15)21-12-10-20(11-13-21)16-5-1-2-9-19-16/h1-5,8-9,14H,10-13H2. The first kappa shape index (κ1) is 14.1. The monoisotopic (exact) mass is 292 g/mol. The van der Waals surface area contributed by atoms with E-state index in [9.17, 15) is 4.79 Å². The summed E-state index contributed by atoms with van der Waals surface area (Å²) >= 11 is 0. The largest absolute Gasteiger partial charge is 0.353 e. The van der Waals surface area contributed by atoms with Gasteiger partial charge in [-0.25, -0.2) is 4.98 Å². The maximum atomic E-state index is 12.1. The van der Waals surface area contributed by atoms with Gasteiger partial charge in [0.1, 0.15) is 5.82 Å². The Bertz CT molecular complexity index is 683. The van der Waals surface area contributed by atoms with Gasteiger partial charge < -0.3 is 9.80 Å². The maximum absolute atomic E-state index is 12.1. The SMILES string of the molecule is O=C(C#Cc1cccnc1)N1CCN(c2ccccn2)CC1. The third-order valence-electron chi connectivity index (χ3n) is 3.52. The fourth-order valence-electron chi connectivity index (χ4n) is 2.32. The molecule has 22 heavy (non-hydrogen) atoms. The minimum Gasteiger partial charge on any atom is -0.353 e. The summed E-state index contributed by atoms with van der Waals surface area (Å²) < 4.78 is 0. The van der Waals surface area contributed by atoms with Crippen LogP contribution in [0.3, 0.4) is 0 Å². The van der Waals surface area contributed by atoms with Crippen LogP contribution in [0.4, 0.5) is 5.82 Å². The summed E-state index contributed by atoms with van der Waals surface area (Å²) in [5.41, 5.74) is 0.753. The van der Waals surface area contributed by atoms with E-state index in [4.69, 9.17) is 0 Å². The first-order chi connectivity index (χ1) is 10.8.